The molecule has 1 aliphatic rings. The summed E-state index contributed by atoms with van der Waals surface area (Å²) in [6.45, 7) is 0. The van der Waals surface area contributed by atoms with Gasteiger partial charge in [-0.25, -0.2) is 9.80 Å². The van der Waals surface area contributed by atoms with E-state index in [0.29, 0.717) is 12.1 Å². The number of hydrogen-bond acceptors (Lipinski definition) is 3. The lowest BCUT2D eigenvalue weighted by atomic mass is 10.2. The maximum absolute atomic E-state index is 11.5. The Morgan fingerprint density at radius 2 is 2.06 bits per heavy atom. The molecule has 16 heavy (non-hydrogen) atoms. The first-order valence-corrected chi connectivity index (χ1v) is 5.05. The highest BCUT2D eigenvalue weighted by Gasteiger charge is 2.36. The van der Waals surface area contributed by atoms with Gasteiger partial charge >= 0.3 is 5.97 Å². The fourth-order valence-corrected chi connectivity index (χ4v) is 1.71. The van der Waals surface area contributed by atoms with Crippen molar-refractivity contribution in [2.45, 2.75) is 18.9 Å². The van der Waals surface area contributed by atoms with E-state index in [1.807, 2.05) is 18.2 Å². The molecule has 1 amide bonds. The number of anilines is 1. The van der Waals surface area contributed by atoms with Crippen LogP contribution >= 0.6 is 0 Å². The molecule has 0 aromatic heterocycles. The van der Waals surface area contributed by atoms with E-state index < -0.39 is 12.0 Å². The van der Waals surface area contributed by atoms with Gasteiger partial charge in [-0.15, -0.1) is 0 Å². The minimum atomic E-state index is -0.978. The van der Waals surface area contributed by atoms with Crippen LogP contribution in [0.1, 0.15) is 12.8 Å². The number of carbonyl (C=O) groups is 2. The molecule has 0 bridgehead atoms. The van der Waals surface area contributed by atoms with Crippen LogP contribution in [0, 0.1) is 0 Å². The third-order valence-corrected chi connectivity index (χ3v) is 2.52. The van der Waals surface area contributed by atoms with Gasteiger partial charge in [0, 0.05) is 6.42 Å². The monoisotopic (exact) mass is 220 g/mol. The molecule has 0 spiro atoms. The SMILES string of the molecule is O=C(O)[C@@H]1CCC(=O)N1Nc1ccccc1. The fourth-order valence-electron chi connectivity index (χ4n) is 1.71. The first-order valence-electron chi connectivity index (χ1n) is 5.05. The van der Waals surface area contributed by atoms with Crippen molar-refractivity contribution in [2.24, 2.45) is 0 Å². The minimum Gasteiger partial charge on any atom is -0.480 e. The summed E-state index contributed by atoms with van der Waals surface area (Å²) in [6, 6.07) is 8.28. The molecule has 5 nitrogen and oxygen atoms in total. The van der Waals surface area contributed by atoms with Gasteiger partial charge in [0.1, 0.15) is 0 Å². The second-order valence-corrected chi connectivity index (χ2v) is 3.63. The maximum atomic E-state index is 11.5. The van der Waals surface area contributed by atoms with Crippen molar-refractivity contribution in [1.82, 2.24) is 5.01 Å². The zero-order valence-corrected chi connectivity index (χ0v) is 8.59. The number of carbonyl (C=O) groups excluding carboxylic acids is 1. The van der Waals surface area contributed by atoms with E-state index in [-0.39, 0.29) is 12.3 Å². The van der Waals surface area contributed by atoms with E-state index in [1.165, 1.54) is 5.01 Å². The van der Waals surface area contributed by atoms with E-state index >= 15 is 0 Å². The molecule has 2 N–H and O–H groups in total. The average molecular weight is 220 g/mol. The molecule has 1 aromatic carbocycles. The molecule has 0 saturated carbocycles. The molecule has 2 rings (SSSR count). The zero-order valence-electron chi connectivity index (χ0n) is 8.59. The molecule has 0 unspecified atom stereocenters. The van der Waals surface area contributed by atoms with Crippen molar-refractivity contribution in [1.29, 1.82) is 0 Å². The van der Waals surface area contributed by atoms with Crippen LogP contribution in [0.2, 0.25) is 0 Å². The topological polar surface area (TPSA) is 69.6 Å². The van der Waals surface area contributed by atoms with Gasteiger partial charge in [0.25, 0.3) is 0 Å². The highest BCUT2D eigenvalue weighted by Crippen LogP contribution is 2.20. The van der Waals surface area contributed by atoms with Crippen LogP contribution in [-0.2, 0) is 9.59 Å². The van der Waals surface area contributed by atoms with Crippen LogP contribution in [0.15, 0.2) is 30.3 Å². The van der Waals surface area contributed by atoms with Gasteiger partial charge in [-0.05, 0) is 18.6 Å². The van der Waals surface area contributed by atoms with Gasteiger partial charge in [-0.2, -0.15) is 0 Å². The summed E-state index contributed by atoms with van der Waals surface area (Å²) in [7, 11) is 0. The lowest BCUT2D eigenvalue weighted by Crippen LogP contribution is -2.42. The first kappa shape index (κ1) is 10.5. The van der Waals surface area contributed by atoms with Crippen molar-refractivity contribution in [3.63, 3.8) is 0 Å². The molecule has 5 heteroatoms. The molecule has 0 aliphatic carbocycles. The van der Waals surface area contributed by atoms with Crippen LogP contribution < -0.4 is 5.43 Å². The molecule has 1 heterocycles. The zero-order chi connectivity index (χ0) is 11.5. The van der Waals surface area contributed by atoms with Crippen molar-refractivity contribution in [3.8, 4) is 0 Å². The number of nitrogens with zero attached hydrogens (tertiary/aromatic N) is 1. The summed E-state index contributed by atoms with van der Waals surface area (Å²) in [5.74, 6) is -1.16. The number of hydrazine groups is 1. The Hall–Kier alpha value is -2.04. The number of nitrogens with one attached hydrogen (secondary N) is 1. The lowest BCUT2D eigenvalue weighted by Gasteiger charge is -2.23. The van der Waals surface area contributed by atoms with E-state index in [2.05, 4.69) is 5.43 Å². The second-order valence-electron chi connectivity index (χ2n) is 3.63. The van der Waals surface area contributed by atoms with Gasteiger partial charge in [0.05, 0.1) is 5.69 Å². The second kappa shape index (κ2) is 4.22. The van der Waals surface area contributed by atoms with Crippen molar-refractivity contribution >= 4 is 17.6 Å². The molecular weight excluding hydrogens is 208 g/mol. The number of aliphatic carboxylic acids is 1. The summed E-state index contributed by atoms with van der Waals surface area (Å²) < 4.78 is 0. The van der Waals surface area contributed by atoms with Crippen molar-refractivity contribution in [3.05, 3.63) is 30.3 Å². The van der Waals surface area contributed by atoms with E-state index in [1.54, 1.807) is 12.1 Å². The molecule has 84 valence electrons. The average Bonchev–Trinajstić information content (AvgIpc) is 2.62. The van der Waals surface area contributed by atoms with Crippen LogP contribution in [0.25, 0.3) is 0 Å². The third kappa shape index (κ3) is 1.98. The number of benzene rings is 1. The molecule has 1 aliphatic heterocycles. The quantitative estimate of drug-likeness (QED) is 0.800. The van der Waals surface area contributed by atoms with Gasteiger partial charge in [0.15, 0.2) is 6.04 Å². The Morgan fingerprint density at radius 3 is 2.69 bits per heavy atom. The Balaban J connectivity index is 2.13. The summed E-state index contributed by atoms with van der Waals surface area (Å²) in [5, 5.41) is 10.1. The Morgan fingerprint density at radius 1 is 1.38 bits per heavy atom. The molecule has 1 aromatic rings. The van der Waals surface area contributed by atoms with Gasteiger partial charge in [-0.1, -0.05) is 18.2 Å². The summed E-state index contributed by atoms with van der Waals surface area (Å²) in [4.78, 5) is 22.4. The summed E-state index contributed by atoms with van der Waals surface area (Å²) in [6.07, 6.45) is 0.630. The molecule has 1 atom stereocenters. The summed E-state index contributed by atoms with van der Waals surface area (Å²) >= 11 is 0. The van der Waals surface area contributed by atoms with Gasteiger partial charge in [-0.3, -0.25) is 10.2 Å². The van der Waals surface area contributed by atoms with Crippen LogP contribution in [0.4, 0.5) is 5.69 Å². The number of rotatable bonds is 3. The molecular formula is C11H12N2O3. The van der Waals surface area contributed by atoms with Gasteiger partial charge < -0.3 is 5.11 Å². The molecule has 1 fully saturated rings. The number of amides is 1. The van der Waals surface area contributed by atoms with Crippen molar-refractivity contribution in [2.75, 3.05) is 5.43 Å². The highest BCUT2D eigenvalue weighted by molar-refractivity contribution is 5.88. The Bertz CT molecular complexity index is 405. The third-order valence-electron chi connectivity index (χ3n) is 2.52. The van der Waals surface area contributed by atoms with E-state index in [4.69, 9.17) is 5.11 Å². The number of hydrogen-bond donors (Lipinski definition) is 2. The number of carboxylic acid groups (broad SMARTS) is 1. The fraction of sp³-hybridized carbons (Fsp3) is 0.273. The standard InChI is InChI=1S/C11H12N2O3/c14-10-7-6-9(11(15)16)13(10)12-8-4-2-1-3-5-8/h1-5,9,12H,6-7H2,(H,15,16)/t9-/m0/s1. The van der Waals surface area contributed by atoms with Crippen LogP contribution in [-0.4, -0.2) is 28.0 Å². The maximum Gasteiger partial charge on any atom is 0.328 e. The van der Waals surface area contributed by atoms with E-state index in [9.17, 15) is 9.59 Å². The van der Waals surface area contributed by atoms with Crippen LogP contribution in [0.5, 0.6) is 0 Å². The number of para-hydroxylation sites is 1. The smallest absolute Gasteiger partial charge is 0.328 e. The normalized spacial score (nSPS) is 19.9. The highest BCUT2D eigenvalue weighted by atomic mass is 16.4. The largest absolute Gasteiger partial charge is 0.480 e. The van der Waals surface area contributed by atoms with Crippen LogP contribution in [0.3, 0.4) is 0 Å². The van der Waals surface area contributed by atoms with E-state index in [0.717, 1.165) is 0 Å². The van der Waals surface area contributed by atoms with Gasteiger partial charge in [0.2, 0.25) is 5.91 Å². The summed E-state index contributed by atoms with van der Waals surface area (Å²) in [5.41, 5.74) is 3.54. The number of carboxylic acids is 1. The molecule has 0 radical (unpaired) electrons. The lowest BCUT2D eigenvalue weighted by molar-refractivity contribution is -0.145. The predicted octanol–water partition coefficient (Wildman–Crippen LogP) is 1.09. The Labute approximate surface area is 92.6 Å². The minimum absolute atomic E-state index is 0.184. The first-order chi connectivity index (χ1) is 7.68. The Kier molecular flexibility index (Phi) is 2.76. The molecule has 1 saturated heterocycles. The van der Waals surface area contributed by atoms with Crippen molar-refractivity contribution < 1.29 is 14.7 Å². The predicted molar refractivity (Wildman–Crippen MR) is 57.6 cm³/mol.